The van der Waals surface area contributed by atoms with Crippen LogP contribution in [0.3, 0.4) is 0 Å². The zero-order valence-corrected chi connectivity index (χ0v) is 19.7. The van der Waals surface area contributed by atoms with E-state index in [9.17, 15) is 19.2 Å². The van der Waals surface area contributed by atoms with E-state index in [-0.39, 0.29) is 30.4 Å². The van der Waals surface area contributed by atoms with E-state index in [1.165, 1.54) is 17.4 Å². The molecule has 178 valence electrons. The summed E-state index contributed by atoms with van der Waals surface area (Å²) in [5.41, 5.74) is 2.45. The number of Topliss-reactive ketones (excluding diaryl/α,β-unsaturated/α-hetero) is 1. The maximum Gasteiger partial charge on any atom is 0.312 e. The van der Waals surface area contributed by atoms with Crippen molar-refractivity contribution in [3.05, 3.63) is 76.0 Å². The van der Waals surface area contributed by atoms with Crippen LogP contribution < -0.4 is 15.0 Å². The normalized spacial score (nSPS) is 19.1. The van der Waals surface area contributed by atoms with E-state index in [1.807, 2.05) is 48.7 Å². The fourth-order valence-electron chi connectivity index (χ4n) is 4.32. The van der Waals surface area contributed by atoms with Crippen molar-refractivity contribution < 1.29 is 28.7 Å². The van der Waals surface area contributed by atoms with Gasteiger partial charge in [0.15, 0.2) is 19.0 Å². The van der Waals surface area contributed by atoms with E-state index >= 15 is 0 Å². The molecule has 0 aliphatic carbocycles. The summed E-state index contributed by atoms with van der Waals surface area (Å²) in [6.07, 6.45) is -0.00825. The van der Waals surface area contributed by atoms with Crippen LogP contribution in [0.2, 0.25) is 0 Å². The fourth-order valence-corrected chi connectivity index (χ4v) is 5.20. The molecule has 8 nitrogen and oxygen atoms in total. The highest BCUT2D eigenvalue weighted by molar-refractivity contribution is 7.10. The number of rotatable bonds is 6. The predicted octanol–water partition coefficient (Wildman–Crippen LogP) is 3.91. The standard InChI is InChI=1S/C26H22N2O6S/c1-15-4-7-17(8-5-15)28-24(31)12-18(25(28)22-3-2-10-35-22)26(32)34-13-20(29)16-6-9-21-19(11-16)27-23(30)14-33-21/h2-11,18,25H,12-14H2,1H3,(H,27,30). The summed E-state index contributed by atoms with van der Waals surface area (Å²) in [5.74, 6) is -1.78. The summed E-state index contributed by atoms with van der Waals surface area (Å²) >= 11 is 1.46. The number of carbonyl (C=O) groups excluding carboxylic acids is 4. The van der Waals surface area contributed by atoms with Gasteiger partial charge in [0, 0.05) is 22.5 Å². The smallest absolute Gasteiger partial charge is 0.312 e. The Morgan fingerprint density at radius 1 is 1.14 bits per heavy atom. The van der Waals surface area contributed by atoms with Crippen molar-refractivity contribution in [3.63, 3.8) is 0 Å². The third kappa shape index (κ3) is 4.54. The molecule has 5 rings (SSSR count). The van der Waals surface area contributed by atoms with Crippen LogP contribution in [0.1, 0.15) is 33.3 Å². The molecule has 0 radical (unpaired) electrons. The molecule has 0 spiro atoms. The molecule has 35 heavy (non-hydrogen) atoms. The van der Waals surface area contributed by atoms with Gasteiger partial charge in [-0.1, -0.05) is 23.8 Å². The summed E-state index contributed by atoms with van der Waals surface area (Å²) in [5, 5.41) is 4.55. The highest BCUT2D eigenvalue weighted by Gasteiger charge is 2.46. The summed E-state index contributed by atoms with van der Waals surface area (Å²) in [6.45, 7) is 1.41. The number of ketones is 1. The number of carbonyl (C=O) groups is 4. The number of hydrogen-bond donors (Lipinski definition) is 1. The van der Waals surface area contributed by atoms with Crippen LogP contribution in [0.15, 0.2) is 60.0 Å². The Bertz CT molecular complexity index is 1300. The van der Waals surface area contributed by atoms with Crippen molar-refractivity contribution >= 4 is 46.3 Å². The second-order valence-electron chi connectivity index (χ2n) is 8.45. The number of thiophene rings is 1. The van der Waals surface area contributed by atoms with Crippen molar-refractivity contribution in [1.82, 2.24) is 0 Å². The number of amides is 2. The highest BCUT2D eigenvalue weighted by Crippen LogP contribution is 2.43. The summed E-state index contributed by atoms with van der Waals surface area (Å²) in [6, 6.07) is 15.5. The lowest BCUT2D eigenvalue weighted by atomic mass is 9.98. The van der Waals surface area contributed by atoms with Crippen molar-refractivity contribution in [2.45, 2.75) is 19.4 Å². The number of fused-ring (bicyclic) bond motifs is 1. The molecule has 2 aliphatic rings. The second-order valence-corrected chi connectivity index (χ2v) is 9.43. The lowest BCUT2D eigenvalue weighted by Crippen LogP contribution is -2.31. The zero-order chi connectivity index (χ0) is 24.5. The van der Waals surface area contributed by atoms with Crippen LogP contribution in [0.25, 0.3) is 0 Å². The maximum absolute atomic E-state index is 13.1. The Balaban J connectivity index is 1.32. The third-order valence-electron chi connectivity index (χ3n) is 6.05. The fraction of sp³-hybridized carbons (Fsp3) is 0.231. The molecule has 9 heteroatoms. The van der Waals surface area contributed by atoms with Crippen LogP contribution >= 0.6 is 11.3 Å². The van der Waals surface area contributed by atoms with Crippen molar-refractivity contribution in [1.29, 1.82) is 0 Å². The molecule has 3 heterocycles. The number of ether oxygens (including phenoxy) is 2. The van der Waals surface area contributed by atoms with Crippen LogP contribution in [0.5, 0.6) is 5.75 Å². The first-order valence-corrected chi connectivity index (χ1v) is 12.0. The molecule has 2 aliphatic heterocycles. The molecule has 1 fully saturated rings. The van der Waals surface area contributed by atoms with Crippen molar-refractivity contribution in [2.24, 2.45) is 5.92 Å². The molecule has 2 atom stereocenters. The van der Waals surface area contributed by atoms with E-state index in [0.717, 1.165) is 10.4 Å². The second kappa shape index (κ2) is 9.34. The Hall–Kier alpha value is -3.98. The lowest BCUT2D eigenvalue weighted by Gasteiger charge is -2.27. The minimum atomic E-state index is -0.744. The molecule has 2 aromatic carbocycles. The Labute approximate surface area is 205 Å². The molecule has 2 amide bonds. The van der Waals surface area contributed by atoms with E-state index in [0.29, 0.717) is 17.1 Å². The Morgan fingerprint density at radius 3 is 2.69 bits per heavy atom. The van der Waals surface area contributed by atoms with Crippen molar-refractivity contribution in [2.75, 3.05) is 23.4 Å². The summed E-state index contributed by atoms with van der Waals surface area (Å²) < 4.78 is 10.7. The first kappa shape index (κ1) is 22.8. The molecule has 1 saturated heterocycles. The van der Waals surface area contributed by atoms with Gasteiger partial charge >= 0.3 is 5.97 Å². The number of nitrogens with one attached hydrogen (secondary N) is 1. The van der Waals surface area contributed by atoms with Crippen LogP contribution in [-0.4, -0.2) is 36.8 Å². The first-order chi connectivity index (χ1) is 16.9. The quantitative estimate of drug-likeness (QED) is 0.415. The molecule has 1 N–H and O–H groups in total. The van der Waals surface area contributed by atoms with Gasteiger partial charge in [-0.15, -0.1) is 11.3 Å². The van der Waals surface area contributed by atoms with Gasteiger partial charge in [-0.3, -0.25) is 19.2 Å². The van der Waals surface area contributed by atoms with E-state index in [4.69, 9.17) is 9.47 Å². The highest BCUT2D eigenvalue weighted by atomic mass is 32.1. The zero-order valence-electron chi connectivity index (χ0n) is 18.9. The number of nitrogens with zero attached hydrogens (tertiary/aromatic N) is 1. The van der Waals surface area contributed by atoms with Crippen LogP contribution in [0.4, 0.5) is 11.4 Å². The van der Waals surface area contributed by atoms with Gasteiger partial charge in [0.25, 0.3) is 5.91 Å². The van der Waals surface area contributed by atoms with Crippen LogP contribution in [-0.2, 0) is 19.1 Å². The number of esters is 1. The summed E-state index contributed by atoms with van der Waals surface area (Å²) in [4.78, 5) is 52.9. The Kier molecular flexibility index (Phi) is 6.08. The van der Waals surface area contributed by atoms with Gasteiger partial charge in [-0.2, -0.15) is 0 Å². The largest absolute Gasteiger partial charge is 0.482 e. The number of hydrogen-bond acceptors (Lipinski definition) is 7. The molecule has 2 unspecified atom stereocenters. The predicted molar refractivity (Wildman–Crippen MR) is 130 cm³/mol. The van der Waals surface area contributed by atoms with Gasteiger partial charge in [0.05, 0.1) is 17.6 Å². The number of aryl methyl sites for hydroxylation is 1. The average molecular weight is 491 g/mol. The van der Waals surface area contributed by atoms with Gasteiger partial charge in [0.2, 0.25) is 5.91 Å². The molecule has 1 aromatic heterocycles. The van der Waals surface area contributed by atoms with E-state index in [1.54, 1.807) is 17.0 Å². The maximum atomic E-state index is 13.1. The summed E-state index contributed by atoms with van der Waals surface area (Å²) in [7, 11) is 0. The van der Waals surface area contributed by atoms with Gasteiger partial charge < -0.3 is 19.7 Å². The van der Waals surface area contributed by atoms with E-state index < -0.39 is 30.3 Å². The third-order valence-corrected chi connectivity index (χ3v) is 6.99. The van der Waals surface area contributed by atoms with E-state index in [2.05, 4.69) is 5.32 Å². The number of benzene rings is 2. The minimum absolute atomic E-state index is 0.00825. The Morgan fingerprint density at radius 2 is 1.94 bits per heavy atom. The van der Waals surface area contributed by atoms with Gasteiger partial charge in [-0.05, 0) is 48.7 Å². The minimum Gasteiger partial charge on any atom is -0.482 e. The van der Waals surface area contributed by atoms with Gasteiger partial charge in [-0.25, -0.2) is 0 Å². The molecular weight excluding hydrogens is 468 g/mol. The van der Waals surface area contributed by atoms with Gasteiger partial charge in [0.1, 0.15) is 5.75 Å². The number of anilines is 2. The first-order valence-electron chi connectivity index (χ1n) is 11.1. The molecular formula is C26H22N2O6S. The molecule has 0 bridgehead atoms. The molecule has 3 aromatic rings. The average Bonchev–Trinajstić information content (AvgIpc) is 3.50. The lowest BCUT2D eigenvalue weighted by molar-refractivity contribution is -0.148. The monoisotopic (exact) mass is 490 g/mol. The van der Waals surface area contributed by atoms with Crippen molar-refractivity contribution in [3.8, 4) is 5.75 Å². The SMILES string of the molecule is Cc1ccc(N2C(=O)CC(C(=O)OCC(=O)c3ccc4c(c3)NC(=O)CO4)C2c2cccs2)cc1. The molecule has 0 saturated carbocycles. The van der Waals surface area contributed by atoms with Crippen LogP contribution in [0, 0.1) is 12.8 Å². The topological polar surface area (TPSA) is 102 Å².